The highest BCUT2D eigenvalue weighted by molar-refractivity contribution is 5.94. The summed E-state index contributed by atoms with van der Waals surface area (Å²) in [5, 5.41) is 19.1. The number of methoxy groups -OCH3 is 1. The fourth-order valence-corrected chi connectivity index (χ4v) is 2.73. The number of hydrogen-bond donors (Lipinski definition) is 2. The van der Waals surface area contributed by atoms with E-state index in [9.17, 15) is 9.59 Å². The van der Waals surface area contributed by atoms with E-state index in [0.29, 0.717) is 24.6 Å². The standard InChI is InChI=1S/C16H18N4O5/c1-24-14(10-5-6-25-9-10)15(21)17-11-3-2-4-12(7-11)20-8-13(16(22)23)18-19-20/h2-4,7-8,10,14H,5-6,9H2,1H3,(H,17,21)(H,22,23). The summed E-state index contributed by atoms with van der Waals surface area (Å²) in [6.45, 7) is 1.13. The van der Waals surface area contributed by atoms with Gasteiger partial charge in [-0.1, -0.05) is 11.3 Å². The summed E-state index contributed by atoms with van der Waals surface area (Å²) in [6, 6.07) is 6.87. The van der Waals surface area contributed by atoms with E-state index >= 15 is 0 Å². The number of aromatic carboxylic acids is 1. The van der Waals surface area contributed by atoms with E-state index in [1.54, 1.807) is 24.3 Å². The number of anilines is 1. The van der Waals surface area contributed by atoms with E-state index in [4.69, 9.17) is 14.6 Å². The first kappa shape index (κ1) is 17.1. The molecule has 1 aliphatic rings. The lowest BCUT2D eigenvalue weighted by Gasteiger charge is -2.20. The summed E-state index contributed by atoms with van der Waals surface area (Å²) in [7, 11) is 1.50. The molecule has 1 saturated heterocycles. The third-order valence-corrected chi connectivity index (χ3v) is 4.00. The zero-order valence-electron chi connectivity index (χ0n) is 13.6. The molecule has 132 valence electrons. The largest absolute Gasteiger partial charge is 0.476 e. The molecule has 1 fully saturated rings. The predicted molar refractivity (Wildman–Crippen MR) is 86.7 cm³/mol. The van der Waals surface area contributed by atoms with Crippen LogP contribution >= 0.6 is 0 Å². The first-order valence-corrected chi connectivity index (χ1v) is 7.76. The average molecular weight is 346 g/mol. The second kappa shape index (κ2) is 7.41. The fraction of sp³-hybridized carbons (Fsp3) is 0.375. The van der Waals surface area contributed by atoms with Crippen molar-refractivity contribution < 1.29 is 24.2 Å². The number of carboxylic acid groups (broad SMARTS) is 1. The van der Waals surface area contributed by atoms with Crippen molar-refractivity contribution >= 4 is 17.6 Å². The van der Waals surface area contributed by atoms with Gasteiger partial charge < -0.3 is 19.9 Å². The van der Waals surface area contributed by atoms with Crippen LogP contribution in [0, 0.1) is 5.92 Å². The van der Waals surface area contributed by atoms with Crippen molar-refractivity contribution in [3.05, 3.63) is 36.2 Å². The van der Waals surface area contributed by atoms with Crippen LogP contribution in [0.1, 0.15) is 16.9 Å². The molecule has 1 aromatic carbocycles. The molecule has 2 unspecified atom stereocenters. The summed E-state index contributed by atoms with van der Waals surface area (Å²) in [6.07, 6.45) is 1.50. The molecule has 3 rings (SSSR count). The molecule has 2 aromatic rings. The molecule has 9 heteroatoms. The van der Waals surface area contributed by atoms with Gasteiger partial charge >= 0.3 is 5.97 Å². The van der Waals surface area contributed by atoms with E-state index < -0.39 is 12.1 Å². The summed E-state index contributed by atoms with van der Waals surface area (Å²) >= 11 is 0. The van der Waals surface area contributed by atoms with Gasteiger partial charge in [-0.2, -0.15) is 0 Å². The van der Waals surface area contributed by atoms with Crippen LogP contribution in [0.5, 0.6) is 0 Å². The van der Waals surface area contributed by atoms with Crippen LogP contribution in [0.4, 0.5) is 5.69 Å². The quantitative estimate of drug-likeness (QED) is 0.800. The van der Waals surface area contributed by atoms with Gasteiger partial charge in [0.15, 0.2) is 5.69 Å². The maximum Gasteiger partial charge on any atom is 0.358 e. The maximum absolute atomic E-state index is 12.5. The molecule has 0 bridgehead atoms. The van der Waals surface area contributed by atoms with Gasteiger partial charge in [0.1, 0.15) is 6.10 Å². The molecule has 2 heterocycles. The molecule has 0 aliphatic carbocycles. The van der Waals surface area contributed by atoms with Crippen LogP contribution in [0.3, 0.4) is 0 Å². The Bertz CT molecular complexity index is 769. The van der Waals surface area contributed by atoms with Crippen molar-refractivity contribution in [2.24, 2.45) is 5.92 Å². The number of rotatable bonds is 6. The van der Waals surface area contributed by atoms with Gasteiger partial charge in [-0.3, -0.25) is 4.79 Å². The van der Waals surface area contributed by atoms with Crippen LogP contribution in [-0.4, -0.2) is 58.4 Å². The number of benzene rings is 1. The minimum absolute atomic E-state index is 0.0293. The van der Waals surface area contributed by atoms with Crippen LogP contribution in [-0.2, 0) is 14.3 Å². The van der Waals surface area contributed by atoms with E-state index in [0.717, 1.165) is 6.42 Å². The molecule has 2 N–H and O–H groups in total. The SMILES string of the molecule is COC(C(=O)Nc1cccc(-n2cc(C(=O)O)nn2)c1)C1CCOC1. The summed E-state index contributed by atoms with van der Waals surface area (Å²) < 4.78 is 12.0. The highest BCUT2D eigenvalue weighted by Gasteiger charge is 2.31. The normalized spacial score (nSPS) is 18.0. The number of aromatic nitrogens is 3. The third-order valence-electron chi connectivity index (χ3n) is 4.00. The average Bonchev–Trinajstić information content (AvgIpc) is 3.28. The van der Waals surface area contributed by atoms with Crippen molar-refractivity contribution in [1.82, 2.24) is 15.0 Å². The van der Waals surface area contributed by atoms with Crippen LogP contribution in [0.2, 0.25) is 0 Å². The smallest absolute Gasteiger partial charge is 0.358 e. The van der Waals surface area contributed by atoms with Crippen molar-refractivity contribution in [2.45, 2.75) is 12.5 Å². The first-order chi connectivity index (χ1) is 12.1. The molecule has 1 aromatic heterocycles. The van der Waals surface area contributed by atoms with E-state index in [1.807, 2.05) is 0 Å². The lowest BCUT2D eigenvalue weighted by atomic mass is 10.0. The number of carbonyl (C=O) groups is 2. The van der Waals surface area contributed by atoms with Gasteiger partial charge in [0.2, 0.25) is 0 Å². The van der Waals surface area contributed by atoms with Gasteiger partial charge in [-0.15, -0.1) is 5.10 Å². The van der Waals surface area contributed by atoms with E-state index in [2.05, 4.69) is 15.6 Å². The van der Waals surface area contributed by atoms with Crippen molar-refractivity contribution in [2.75, 3.05) is 25.6 Å². The molecule has 0 spiro atoms. The molecule has 1 aliphatic heterocycles. The number of nitrogens with zero attached hydrogens (tertiary/aromatic N) is 3. The van der Waals surface area contributed by atoms with Gasteiger partial charge in [0, 0.05) is 25.3 Å². The Kier molecular flexibility index (Phi) is 5.05. The topological polar surface area (TPSA) is 116 Å². The molecule has 9 nitrogen and oxygen atoms in total. The zero-order chi connectivity index (χ0) is 17.8. The van der Waals surface area contributed by atoms with Crippen molar-refractivity contribution in [1.29, 1.82) is 0 Å². The van der Waals surface area contributed by atoms with Crippen LogP contribution in [0.15, 0.2) is 30.5 Å². The second-order valence-electron chi connectivity index (χ2n) is 5.67. The van der Waals surface area contributed by atoms with Gasteiger partial charge in [-0.05, 0) is 24.6 Å². The van der Waals surface area contributed by atoms with Crippen LogP contribution < -0.4 is 5.32 Å². The molecule has 25 heavy (non-hydrogen) atoms. The third kappa shape index (κ3) is 3.83. The summed E-state index contributed by atoms with van der Waals surface area (Å²) in [4.78, 5) is 23.4. The Morgan fingerprint density at radius 1 is 1.48 bits per heavy atom. The van der Waals surface area contributed by atoms with Gasteiger partial charge in [0.25, 0.3) is 5.91 Å². The number of amides is 1. The van der Waals surface area contributed by atoms with Crippen molar-refractivity contribution in [3.8, 4) is 5.69 Å². The monoisotopic (exact) mass is 346 g/mol. The minimum Gasteiger partial charge on any atom is -0.476 e. The molecule has 0 saturated carbocycles. The highest BCUT2D eigenvalue weighted by Crippen LogP contribution is 2.21. The lowest BCUT2D eigenvalue weighted by molar-refractivity contribution is -0.128. The fourth-order valence-electron chi connectivity index (χ4n) is 2.73. The molecule has 2 atom stereocenters. The Morgan fingerprint density at radius 2 is 2.32 bits per heavy atom. The number of hydrogen-bond acceptors (Lipinski definition) is 6. The summed E-state index contributed by atoms with van der Waals surface area (Å²) in [5.41, 5.74) is 0.974. The maximum atomic E-state index is 12.5. The Balaban J connectivity index is 1.74. The Morgan fingerprint density at radius 3 is 2.96 bits per heavy atom. The minimum atomic E-state index is -1.16. The molecule has 0 radical (unpaired) electrons. The van der Waals surface area contributed by atoms with Gasteiger partial charge in [0.05, 0.1) is 18.5 Å². The highest BCUT2D eigenvalue weighted by atomic mass is 16.5. The van der Waals surface area contributed by atoms with E-state index in [-0.39, 0.29) is 17.5 Å². The molecule has 1 amide bonds. The number of carboxylic acids is 1. The second-order valence-corrected chi connectivity index (χ2v) is 5.67. The Hall–Kier alpha value is -2.78. The zero-order valence-corrected chi connectivity index (χ0v) is 13.6. The van der Waals surface area contributed by atoms with E-state index in [1.165, 1.54) is 18.0 Å². The molecular formula is C16H18N4O5. The van der Waals surface area contributed by atoms with Crippen LogP contribution in [0.25, 0.3) is 5.69 Å². The van der Waals surface area contributed by atoms with Gasteiger partial charge in [-0.25, -0.2) is 9.48 Å². The summed E-state index contributed by atoms with van der Waals surface area (Å²) in [5.74, 6) is -1.38. The number of ether oxygens (including phenoxy) is 2. The Labute approximate surface area is 143 Å². The number of nitrogens with one attached hydrogen (secondary N) is 1. The number of carbonyl (C=O) groups excluding carboxylic acids is 1. The predicted octanol–water partition coefficient (Wildman–Crippen LogP) is 0.955. The lowest BCUT2D eigenvalue weighted by Crippen LogP contribution is -2.36. The van der Waals surface area contributed by atoms with Crippen molar-refractivity contribution in [3.63, 3.8) is 0 Å². The molecular weight excluding hydrogens is 328 g/mol. The first-order valence-electron chi connectivity index (χ1n) is 7.76.